The van der Waals surface area contributed by atoms with Gasteiger partial charge in [-0.15, -0.1) is 0 Å². The molecule has 1 heterocycles. The molecule has 230 valence electrons. The van der Waals surface area contributed by atoms with E-state index in [2.05, 4.69) is 54.1 Å². The molecule has 0 radical (unpaired) electrons. The fraction of sp³-hybridized carbons (Fsp3) is 0.611. The number of fused-ring (bicyclic) bond motifs is 4. The molecule has 43 heavy (non-hydrogen) atoms. The number of Topliss-reactive ketones (excluding diaryl/α,β-unsaturated/α-hetero) is 1. The van der Waals surface area contributed by atoms with Crippen molar-refractivity contribution in [2.45, 2.75) is 97.1 Å². The average molecular weight is 593 g/mol. The van der Waals surface area contributed by atoms with E-state index >= 15 is 0 Å². The van der Waals surface area contributed by atoms with Crippen molar-refractivity contribution < 1.29 is 23.2 Å². The molecule has 1 aromatic rings. The number of carbonyl (C=O) groups excluding carboxylic acids is 1. The zero-order valence-electron chi connectivity index (χ0n) is 25.6. The Morgan fingerprint density at radius 2 is 1.86 bits per heavy atom. The van der Waals surface area contributed by atoms with Crippen LogP contribution in [0.1, 0.15) is 96.5 Å². The maximum atomic E-state index is 13.8. The first-order valence-corrected chi connectivity index (χ1v) is 16.2. The van der Waals surface area contributed by atoms with Crippen molar-refractivity contribution in [1.29, 1.82) is 0 Å². The summed E-state index contributed by atoms with van der Waals surface area (Å²) in [5, 5.41) is 13.1. The van der Waals surface area contributed by atoms with Gasteiger partial charge in [0.1, 0.15) is 0 Å². The average Bonchev–Trinajstić information content (AvgIpc) is 3.32. The van der Waals surface area contributed by atoms with E-state index in [-0.39, 0.29) is 35.9 Å². The van der Waals surface area contributed by atoms with E-state index in [0.717, 1.165) is 31.5 Å². The number of piperidine rings is 1. The standard InChI is InChI=1S/C36H43F3N2O2/c1-4-32(42)35(16-17-36(37,38)39)15-14-31-29-20-23(2)28-21-25(40-43)10-13-27(28)33(29)30(22-34(31,35)3)24-8-11-26(12-9-24)41-18-6-5-7-19-41/h8-9,11-12,21,23,29-31,43H,4-7,10,13-15,18-20,22H2,1-3H3/b40-25+/t23?,29-,30+,31-,34-,35-/m0/s1. The maximum absolute atomic E-state index is 13.8. The van der Waals surface area contributed by atoms with Gasteiger partial charge < -0.3 is 10.1 Å². The van der Waals surface area contributed by atoms with Gasteiger partial charge in [0.2, 0.25) is 0 Å². The third kappa shape index (κ3) is 5.03. The van der Waals surface area contributed by atoms with Crippen LogP contribution >= 0.6 is 0 Å². The Balaban J connectivity index is 1.51. The minimum atomic E-state index is -4.64. The summed E-state index contributed by atoms with van der Waals surface area (Å²) in [7, 11) is 0. The van der Waals surface area contributed by atoms with Crippen LogP contribution in [0, 0.1) is 40.4 Å². The number of benzene rings is 1. The molecule has 4 aliphatic carbocycles. The molecule has 6 rings (SSSR count). The summed E-state index contributed by atoms with van der Waals surface area (Å²) in [6.45, 7) is 8.15. The molecule has 0 aromatic heterocycles. The van der Waals surface area contributed by atoms with Gasteiger partial charge >= 0.3 is 6.18 Å². The second-order valence-electron chi connectivity index (χ2n) is 13.8. The molecule has 0 amide bonds. The van der Waals surface area contributed by atoms with E-state index in [4.69, 9.17) is 0 Å². The first-order chi connectivity index (χ1) is 20.5. The van der Waals surface area contributed by atoms with E-state index in [1.165, 1.54) is 41.7 Å². The number of hydrogen-bond acceptors (Lipinski definition) is 4. The molecule has 6 atom stereocenters. The Hall–Kier alpha value is -3.01. The second-order valence-corrected chi connectivity index (χ2v) is 13.8. The monoisotopic (exact) mass is 592 g/mol. The van der Waals surface area contributed by atoms with Gasteiger partial charge in [-0.1, -0.05) is 49.6 Å². The first kappa shape index (κ1) is 30.0. The molecule has 2 saturated carbocycles. The largest absolute Gasteiger partial charge is 0.457 e. The van der Waals surface area contributed by atoms with Crippen LogP contribution in [0.15, 0.2) is 52.2 Å². The van der Waals surface area contributed by atoms with Gasteiger partial charge in [-0.25, -0.2) is 0 Å². The van der Waals surface area contributed by atoms with Crippen molar-refractivity contribution in [2.24, 2.45) is 33.7 Å². The number of rotatable bonds is 4. The van der Waals surface area contributed by atoms with Gasteiger partial charge in [0.25, 0.3) is 0 Å². The quantitative estimate of drug-likeness (QED) is 0.216. The highest BCUT2D eigenvalue weighted by Crippen LogP contribution is 2.70. The van der Waals surface area contributed by atoms with Gasteiger partial charge in [-0.2, -0.15) is 13.2 Å². The SMILES string of the molecule is CCC(=O)[C@@]1(C#CC(F)(F)F)CC[C@H]2[C@@H]3CC(C)C4=C/C(=N/O)CCC4=C3[C@@H](c3ccc(N4CCCCC4)cc3)C[C@@]21C. The summed E-state index contributed by atoms with van der Waals surface area (Å²) < 4.78 is 40.7. The summed E-state index contributed by atoms with van der Waals surface area (Å²) in [5.41, 5.74) is 5.05. The Bertz CT molecular complexity index is 1420. The number of alkyl halides is 3. The Labute approximate surface area is 253 Å². The molecular formula is C36H43F3N2O2. The highest BCUT2D eigenvalue weighted by Gasteiger charge is 2.65. The fourth-order valence-corrected chi connectivity index (χ4v) is 9.65. The summed E-state index contributed by atoms with van der Waals surface area (Å²) in [6, 6.07) is 8.84. The third-order valence-corrected chi connectivity index (χ3v) is 11.7. The van der Waals surface area contributed by atoms with Crippen LogP contribution < -0.4 is 4.90 Å². The summed E-state index contributed by atoms with van der Waals surface area (Å²) in [5.74, 6) is 4.50. The minimum Gasteiger partial charge on any atom is -0.411 e. The number of carbonyl (C=O) groups is 1. The van der Waals surface area contributed by atoms with E-state index < -0.39 is 17.0 Å². The molecule has 0 bridgehead atoms. The lowest BCUT2D eigenvalue weighted by atomic mass is 9.47. The molecule has 5 aliphatic rings. The van der Waals surface area contributed by atoms with Crippen LogP contribution in [0.2, 0.25) is 0 Å². The van der Waals surface area contributed by atoms with Gasteiger partial charge in [0.15, 0.2) is 5.78 Å². The highest BCUT2D eigenvalue weighted by molar-refractivity contribution is 5.97. The third-order valence-electron chi connectivity index (χ3n) is 11.7. The lowest BCUT2D eigenvalue weighted by Gasteiger charge is -2.55. The zero-order chi connectivity index (χ0) is 30.6. The molecule has 4 nitrogen and oxygen atoms in total. The lowest BCUT2D eigenvalue weighted by Crippen LogP contribution is -2.51. The molecule has 1 saturated heterocycles. The number of oxime groups is 1. The predicted molar refractivity (Wildman–Crippen MR) is 163 cm³/mol. The van der Waals surface area contributed by atoms with Crippen molar-refractivity contribution >= 4 is 17.2 Å². The topological polar surface area (TPSA) is 52.9 Å². The Morgan fingerprint density at radius 1 is 1.14 bits per heavy atom. The molecule has 1 unspecified atom stereocenters. The summed E-state index contributed by atoms with van der Waals surface area (Å²) in [6.07, 6.45) is 5.23. The maximum Gasteiger partial charge on any atom is 0.457 e. The molecule has 1 aromatic carbocycles. The molecule has 1 N–H and O–H groups in total. The fourth-order valence-electron chi connectivity index (χ4n) is 9.65. The number of hydrogen-bond donors (Lipinski definition) is 1. The molecule has 3 fully saturated rings. The molecule has 1 aliphatic heterocycles. The minimum absolute atomic E-state index is 0.0185. The van der Waals surface area contributed by atoms with E-state index in [1.807, 2.05) is 6.08 Å². The zero-order valence-corrected chi connectivity index (χ0v) is 25.6. The Morgan fingerprint density at radius 3 is 2.51 bits per heavy atom. The van der Waals surface area contributed by atoms with Crippen molar-refractivity contribution in [3.05, 3.63) is 52.6 Å². The van der Waals surface area contributed by atoms with Crippen LogP contribution in [0.4, 0.5) is 18.9 Å². The molecular weight excluding hydrogens is 549 g/mol. The van der Waals surface area contributed by atoms with Crippen LogP contribution in [-0.4, -0.2) is 36.0 Å². The van der Waals surface area contributed by atoms with Gasteiger partial charge in [0, 0.05) is 37.0 Å². The normalized spacial score (nSPS) is 35.0. The van der Waals surface area contributed by atoms with Crippen molar-refractivity contribution in [3.63, 3.8) is 0 Å². The number of nitrogens with zero attached hydrogens (tertiary/aromatic N) is 2. The van der Waals surface area contributed by atoms with E-state index in [1.54, 1.807) is 12.8 Å². The second kappa shape index (κ2) is 11.2. The number of ketones is 1. The van der Waals surface area contributed by atoms with E-state index in [9.17, 15) is 23.2 Å². The van der Waals surface area contributed by atoms with Gasteiger partial charge in [-0.05, 0) is 116 Å². The van der Waals surface area contributed by atoms with Gasteiger partial charge in [0.05, 0.1) is 11.1 Å². The van der Waals surface area contributed by atoms with Crippen LogP contribution in [0.25, 0.3) is 0 Å². The lowest BCUT2D eigenvalue weighted by molar-refractivity contribution is -0.132. The summed E-state index contributed by atoms with van der Waals surface area (Å²) >= 11 is 0. The van der Waals surface area contributed by atoms with Crippen LogP contribution in [0.5, 0.6) is 0 Å². The van der Waals surface area contributed by atoms with Crippen LogP contribution in [0.3, 0.4) is 0 Å². The molecule has 7 heteroatoms. The number of anilines is 1. The van der Waals surface area contributed by atoms with Crippen molar-refractivity contribution in [3.8, 4) is 11.8 Å². The van der Waals surface area contributed by atoms with Gasteiger partial charge in [-0.3, -0.25) is 4.79 Å². The van der Waals surface area contributed by atoms with Crippen molar-refractivity contribution in [1.82, 2.24) is 0 Å². The molecule has 0 spiro atoms. The first-order valence-electron chi connectivity index (χ1n) is 16.2. The number of halogens is 3. The number of allylic oxidation sites excluding steroid dienone is 4. The Kier molecular flexibility index (Phi) is 7.80. The smallest absolute Gasteiger partial charge is 0.411 e. The predicted octanol–water partition coefficient (Wildman–Crippen LogP) is 8.61. The highest BCUT2D eigenvalue weighted by atomic mass is 19.4. The van der Waals surface area contributed by atoms with Crippen LogP contribution in [-0.2, 0) is 4.79 Å². The van der Waals surface area contributed by atoms with E-state index in [0.29, 0.717) is 31.4 Å². The van der Waals surface area contributed by atoms with Crippen molar-refractivity contribution in [2.75, 3.05) is 18.0 Å². The summed E-state index contributed by atoms with van der Waals surface area (Å²) in [4.78, 5) is 16.2.